The van der Waals surface area contributed by atoms with E-state index in [1.807, 2.05) is 17.9 Å². The Labute approximate surface area is 180 Å². The summed E-state index contributed by atoms with van der Waals surface area (Å²) in [6.07, 6.45) is 11.5. The molecule has 0 amide bonds. The average molecular weight is 409 g/mol. The summed E-state index contributed by atoms with van der Waals surface area (Å²) in [5.41, 5.74) is 4.08. The molecule has 2 aliphatic heterocycles. The third kappa shape index (κ3) is 3.87. The molecule has 2 aromatic heterocycles. The molecule has 1 unspecified atom stereocenters. The first-order chi connectivity index (χ1) is 14.6. The fourth-order valence-electron chi connectivity index (χ4n) is 5.75. The summed E-state index contributed by atoms with van der Waals surface area (Å²) in [6, 6.07) is 3.90. The summed E-state index contributed by atoms with van der Waals surface area (Å²) in [5.74, 6) is 2.09. The molecule has 6 heteroatoms. The first-order valence-corrected chi connectivity index (χ1v) is 11.8. The Hall–Kier alpha value is -1.92. The monoisotopic (exact) mass is 408 g/mol. The van der Waals surface area contributed by atoms with Crippen LogP contribution < -0.4 is 5.32 Å². The van der Waals surface area contributed by atoms with Crippen molar-refractivity contribution in [1.82, 2.24) is 24.6 Å². The normalized spacial score (nSPS) is 27.9. The van der Waals surface area contributed by atoms with Crippen molar-refractivity contribution in [3.05, 3.63) is 41.3 Å². The minimum atomic E-state index is 0.370. The predicted octanol–water partition coefficient (Wildman–Crippen LogP) is 3.42. The second kappa shape index (κ2) is 8.31. The minimum absolute atomic E-state index is 0.370. The van der Waals surface area contributed by atoms with Crippen LogP contribution >= 0.6 is 0 Å². The molecule has 2 fully saturated rings. The van der Waals surface area contributed by atoms with Crippen molar-refractivity contribution in [2.45, 2.75) is 63.5 Å². The van der Waals surface area contributed by atoms with E-state index in [4.69, 9.17) is 4.98 Å². The highest BCUT2D eigenvalue weighted by Crippen LogP contribution is 2.40. The molecule has 6 nitrogen and oxygen atoms in total. The van der Waals surface area contributed by atoms with E-state index in [1.165, 1.54) is 68.6 Å². The fourth-order valence-corrected chi connectivity index (χ4v) is 5.75. The summed E-state index contributed by atoms with van der Waals surface area (Å²) in [7, 11) is 1.99. The van der Waals surface area contributed by atoms with E-state index in [0.29, 0.717) is 17.9 Å². The van der Waals surface area contributed by atoms with E-state index >= 15 is 0 Å². The Morgan fingerprint density at radius 1 is 1.00 bits per heavy atom. The number of hydrogen-bond acceptors (Lipinski definition) is 5. The third-order valence-corrected chi connectivity index (χ3v) is 7.68. The van der Waals surface area contributed by atoms with Gasteiger partial charge in [-0.25, -0.2) is 4.98 Å². The van der Waals surface area contributed by atoms with Gasteiger partial charge in [0, 0.05) is 75.7 Å². The minimum Gasteiger partial charge on any atom is -0.369 e. The van der Waals surface area contributed by atoms with E-state index in [1.54, 1.807) is 0 Å². The zero-order valence-corrected chi connectivity index (χ0v) is 18.7. The quantitative estimate of drug-likeness (QED) is 0.840. The van der Waals surface area contributed by atoms with E-state index in [0.717, 1.165) is 18.4 Å². The zero-order valence-electron chi connectivity index (χ0n) is 18.7. The van der Waals surface area contributed by atoms with Crippen molar-refractivity contribution < 1.29 is 0 Å². The number of nitrogens with one attached hydrogen (secondary N) is 1. The van der Waals surface area contributed by atoms with Gasteiger partial charge in [-0.15, -0.1) is 0 Å². The van der Waals surface area contributed by atoms with Crippen molar-refractivity contribution in [3.63, 3.8) is 0 Å². The number of aromatic nitrogens is 3. The molecule has 4 heterocycles. The summed E-state index contributed by atoms with van der Waals surface area (Å²) in [5, 5.41) is 7.86. The number of rotatable bonds is 4. The van der Waals surface area contributed by atoms with Crippen molar-refractivity contribution in [2.75, 3.05) is 38.0 Å². The van der Waals surface area contributed by atoms with Crippen molar-refractivity contribution in [2.24, 2.45) is 7.05 Å². The Bertz CT molecular complexity index is 858. The SMILES string of the molecule is CC(C)N1CCN(C2CCC(c3cnc4c(c3)C(c3cnn(C)c3)CN4)CC2)CC1. The van der Waals surface area contributed by atoms with E-state index < -0.39 is 0 Å². The predicted molar refractivity (Wildman–Crippen MR) is 121 cm³/mol. The molecule has 1 atom stereocenters. The van der Waals surface area contributed by atoms with Crippen molar-refractivity contribution in [3.8, 4) is 0 Å². The number of anilines is 1. The van der Waals surface area contributed by atoms with Gasteiger partial charge in [-0.1, -0.05) is 0 Å². The highest BCUT2D eigenvalue weighted by atomic mass is 15.3. The van der Waals surface area contributed by atoms with E-state index in [2.05, 4.69) is 52.5 Å². The molecule has 0 bridgehead atoms. The second-order valence-corrected chi connectivity index (χ2v) is 9.76. The lowest BCUT2D eigenvalue weighted by Gasteiger charge is -2.43. The highest BCUT2D eigenvalue weighted by Gasteiger charge is 2.31. The van der Waals surface area contributed by atoms with Gasteiger partial charge >= 0.3 is 0 Å². The largest absolute Gasteiger partial charge is 0.369 e. The number of hydrogen-bond donors (Lipinski definition) is 1. The Kier molecular flexibility index (Phi) is 5.54. The van der Waals surface area contributed by atoms with Crippen LogP contribution in [-0.2, 0) is 7.05 Å². The van der Waals surface area contributed by atoms with Gasteiger partial charge < -0.3 is 5.32 Å². The molecule has 1 saturated carbocycles. The topological polar surface area (TPSA) is 49.2 Å². The lowest BCUT2D eigenvalue weighted by atomic mass is 9.80. The Morgan fingerprint density at radius 3 is 2.43 bits per heavy atom. The molecular formula is C24H36N6. The van der Waals surface area contributed by atoms with Crippen LogP contribution in [-0.4, -0.2) is 69.4 Å². The maximum atomic E-state index is 4.80. The first kappa shape index (κ1) is 20.0. The molecule has 1 N–H and O–H groups in total. The second-order valence-electron chi connectivity index (χ2n) is 9.76. The third-order valence-electron chi connectivity index (χ3n) is 7.68. The van der Waals surface area contributed by atoms with Crippen LogP contribution in [0.3, 0.4) is 0 Å². The molecule has 0 aromatic carbocycles. The van der Waals surface area contributed by atoms with Crippen LogP contribution in [0.1, 0.15) is 68.1 Å². The molecule has 162 valence electrons. The first-order valence-electron chi connectivity index (χ1n) is 11.8. The highest BCUT2D eigenvalue weighted by molar-refractivity contribution is 5.56. The van der Waals surface area contributed by atoms with Gasteiger partial charge in [0.15, 0.2) is 0 Å². The lowest BCUT2D eigenvalue weighted by molar-refractivity contribution is 0.0620. The molecule has 2 aromatic rings. The summed E-state index contributed by atoms with van der Waals surface area (Å²) < 4.78 is 1.90. The molecule has 1 aliphatic carbocycles. The van der Waals surface area contributed by atoms with Gasteiger partial charge in [0.25, 0.3) is 0 Å². The zero-order chi connectivity index (χ0) is 20.7. The Morgan fingerprint density at radius 2 is 1.77 bits per heavy atom. The van der Waals surface area contributed by atoms with Crippen molar-refractivity contribution in [1.29, 1.82) is 0 Å². The fraction of sp³-hybridized carbons (Fsp3) is 0.667. The van der Waals surface area contributed by atoms with Gasteiger partial charge in [-0.05, 0) is 62.6 Å². The number of aryl methyl sites for hydroxylation is 1. The molecule has 1 saturated heterocycles. The summed E-state index contributed by atoms with van der Waals surface area (Å²) >= 11 is 0. The Balaban J connectivity index is 1.22. The number of pyridine rings is 1. The summed E-state index contributed by atoms with van der Waals surface area (Å²) in [4.78, 5) is 10.2. The number of piperazine rings is 1. The maximum absolute atomic E-state index is 4.80. The molecule has 5 rings (SSSR count). The van der Waals surface area contributed by atoms with Crippen LogP contribution in [0.15, 0.2) is 24.7 Å². The van der Waals surface area contributed by atoms with Crippen LogP contribution in [0.25, 0.3) is 0 Å². The van der Waals surface area contributed by atoms with E-state index in [9.17, 15) is 0 Å². The van der Waals surface area contributed by atoms with Gasteiger partial charge in [0.1, 0.15) is 5.82 Å². The van der Waals surface area contributed by atoms with Crippen molar-refractivity contribution >= 4 is 5.82 Å². The van der Waals surface area contributed by atoms with Gasteiger partial charge in [0.2, 0.25) is 0 Å². The molecule has 0 spiro atoms. The molecule has 30 heavy (non-hydrogen) atoms. The summed E-state index contributed by atoms with van der Waals surface area (Å²) in [6.45, 7) is 10.5. The number of nitrogens with zero attached hydrogens (tertiary/aromatic N) is 5. The van der Waals surface area contributed by atoms with Crippen LogP contribution in [0.2, 0.25) is 0 Å². The maximum Gasteiger partial charge on any atom is 0.129 e. The number of fused-ring (bicyclic) bond motifs is 1. The van der Waals surface area contributed by atoms with Crippen LogP contribution in [0, 0.1) is 0 Å². The molecular weight excluding hydrogens is 372 g/mol. The smallest absolute Gasteiger partial charge is 0.129 e. The van der Waals surface area contributed by atoms with Gasteiger partial charge in [0.05, 0.1) is 6.20 Å². The van der Waals surface area contributed by atoms with Crippen LogP contribution in [0.5, 0.6) is 0 Å². The molecule has 0 radical (unpaired) electrons. The molecule has 3 aliphatic rings. The van der Waals surface area contributed by atoms with Gasteiger partial charge in [-0.3, -0.25) is 14.5 Å². The lowest BCUT2D eigenvalue weighted by Crippen LogP contribution is -2.52. The standard InChI is InChI=1S/C24H36N6/c1-17(2)29-8-10-30(11-9-29)21-6-4-18(5-7-21)19-12-22-23(15-26-24(22)25-13-19)20-14-27-28(3)16-20/h12-14,16-18,21,23H,4-11,15H2,1-3H3,(H,25,26). The van der Waals surface area contributed by atoms with Crippen LogP contribution in [0.4, 0.5) is 5.82 Å². The van der Waals surface area contributed by atoms with E-state index in [-0.39, 0.29) is 0 Å². The van der Waals surface area contributed by atoms with Gasteiger partial charge in [-0.2, -0.15) is 5.10 Å². The average Bonchev–Trinajstić information content (AvgIpc) is 3.39.